The Morgan fingerprint density at radius 1 is 0.875 bits per heavy atom. The second-order valence-electron chi connectivity index (χ2n) is 10.5. The van der Waals surface area contributed by atoms with Gasteiger partial charge in [-0.3, -0.25) is 4.79 Å². The molecule has 1 aliphatic heterocycles. The average molecular weight is 543 g/mol. The van der Waals surface area contributed by atoms with Gasteiger partial charge in [-0.25, -0.2) is 4.39 Å². The first-order chi connectivity index (χ1) is 19.6. The Bertz CT molecular complexity index is 1400. The summed E-state index contributed by atoms with van der Waals surface area (Å²) < 4.78 is 21.4. The topological polar surface area (TPSA) is 49.7 Å². The molecule has 1 amide bonds. The Hall–Kier alpha value is -3.68. The van der Waals surface area contributed by atoms with Gasteiger partial charge in [0.05, 0.1) is 18.2 Å². The minimum absolute atomic E-state index is 0.177. The van der Waals surface area contributed by atoms with Crippen LogP contribution in [0, 0.1) is 5.82 Å². The fraction of sp³-hybridized carbons (Fsp3) is 0.364. The van der Waals surface area contributed by atoms with E-state index in [2.05, 4.69) is 50.0 Å². The molecule has 4 aromatic rings. The smallest absolute Gasteiger partial charge is 0.253 e. The fourth-order valence-electron chi connectivity index (χ4n) is 5.64. The van der Waals surface area contributed by atoms with Crippen molar-refractivity contribution in [2.75, 3.05) is 46.4 Å². The average Bonchev–Trinajstić information content (AvgIpc) is 3.20. The predicted octanol–water partition coefficient (Wildman–Crippen LogP) is 5.36. The molecule has 0 spiro atoms. The minimum atomic E-state index is -0.308. The largest absolute Gasteiger partial charge is 0.495 e. The third-order valence-corrected chi connectivity index (χ3v) is 7.78. The minimum Gasteiger partial charge on any atom is -0.495 e. The number of nitrogens with zero attached hydrogens (tertiary/aromatic N) is 3. The van der Waals surface area contributed by atoms with Gasteiger partial charge in [0.1, 0.15) is 11.6 Å². The molecular weight excluding hydrogens is 503 g/mol. The molecule has 7 heteroatoms. The van der Waals surface area contributed by atoms with Crippen molar-refractivity contribution in [3.63, 3.8) is 0 Å². The maximum absolute atomic E-state index is 13.6. The number of nitrogens with one attached hydrogen (secondary N) is 1. The number of aryl methyl sites for hydroxylation is 1. The summed E-state index contributed by atoms with van der Waals surface area (Å²) in [5.41, 5.74) is 3.67. The molecule has 0 bridgehead atoms. The molecule has 0 radical (unpaired) electrons. The number of ether oxygens (including phenoxy) is 1. The van der Waals surface area contributed by atoms with Crippen LogP contribution in [-0.4, -0.2) is 66.7 Å². The molecule has 1 saturated heterocycles. The Balaban J connectivity index is 1.18. The molecule has 0 saturated carbocycles. The molecule has 1 aromatic heterocycles. The van der Waals surface area contributed by atoms with Crippen LogP contribution >= 0.6 is 0 Å². The summed E-state index contributed by atoms with van der Waals surface area (Å²) in [6.07, 6.45) is 5.20. The summed E-state index contributed by atoms with van der Waals surface area (Å²) >= 11 is 0. The first-order valence-electron chi connectivity index (χ1n) is 14.3. The third-order valence-electron chi connectivity index (χ3n) is 7.78. The molecule has 3 aromatic carbocycles. The Morgan fingerprint density at radius 2 is 1.62 bits per heavy atom. The number of aromatic nitrogens is 1. The summed E-state index contributed by atoms with van der Waals surface area (Å²) in [6, 6.07) is 22.8. The number of hydrogen-bond donors (Lipinski definition) is 1. The molecule has 40 heavy (non-hydrogen) atoms. The third kappa shape index (κ3) is 7.09. The molecule has 0 unspecified atom stereocenters. The zero-order valence-corrected chi connectivity index (χ0v) is 23.3. The van der Waals surface area contributed by atoms with E-state index in [1.807, 2.05) is 24.4 Å². The number of hydrogen-bond acceptors (Lipinski definition) is 4. The number of halogens is 1. The number of benzene rings is 3. The van der Waals surface area contributed by atoms with E-state index in [1.165, 1.54) is 24.1 Å². The van der Waals surface area contributed by atoms with Crippen molar-refractivity contribution in [3.05, 3.63) is 102 Å². The maximum Gasteiger partial charge on any atom is 0.253 e. The van der Waals surface area contributed by atoms with Gasteiger partial charge < -0.3 is 24.4 Å². The number of rotatable bonds is 11. The lowest BCUT2D eigenvalue weighted by molar-refractivity contribution is 0.0952. The quantitative estimate of drug-likeness (QED) is 0.277. The van der Waals surface area contributed by atoms with Crippen LogP contribution in [0.15, 0.2) is 79.0 Å². The van der Waals surface area contributed by atoms with E-state index in [4.69, 9.17) is 4.74 Å². The molecular formula is C33H39FN4O2. The number of amides is 1. The van der Waals surface area contributed by atoms with Crippen LogP contribution in [0.4, 0.5) is 4.39 Å². The van der Waals surface area contributed by atoms with Crippen molar-refractivity contribution in [2.45, 2.75) is 32.4 Å². The zero-order valence-electron chi connectivity index (χ0n) is 23.3. The number of carbonyl (C=O) groups excluding carboxylic acids is 1. The van der Waals surface area contributed by atoms with Crippen LogP contribution in [0.25, 0.3) is 10.9 Å². The van der Waals surface area contributed by atoms with E-state index in [-0.39, 0.29) is 18.3 Å². The van der Waals surface area contributed by atoms with E-state index in [1.54, 1.807) is 19.2 Å². The molecule has 2 heterocycles. The van der Waals surface area contributed by atoms with Crippen molar-refractivity contribution >= 4 is 16.8 Å². The van der Waals surface area contributed by atoms with Gasteiger partial charge in [0.25, 0.3) is 5.91 Å². The lowest BCUT2D eigenvalue weighted by atomic mass is 10.1. The summed E-state index contributed by atoms with van der Waals surface area (Å²) in [5.74, 6) is 0.271. The molecule has 210 valence electrons. The number of carbonyl (C=O) groups is 1. The van der Waals surface area contributed by atoms with Gasteiger partial charge in [0, 0.05) is 44.3 Å². The molecule has 1 aliphatic rings. The first kappa shape index (κ1) is 27.9. The molecule has 5 rings (SSSR count). The first-order valence-corrected chi connectivity index (χ1v) is 14.3. The summed E-state index contributed by atoms with van der Waals surface area (Å²) in [6.45, 7) is 7.63. The van der Waals surface area contributed by atoms with Crippen molar-refractivity contribution in [3.8, 4) is 5.75 Å². The summed E-state index contributed by atoms with van der Waals surface area (Å²) in [5, 5.41) is 3.81. The van der Waals surface area contributed by atoms with E-state index < -0.39 is 0 Å². The van der Waals surface area contributed by atoms with Crippen LogP contribution in [-0.2, 0) is 19.5 Å². The zero-order chi connectivity index (χ0) is 27.7. The Kier molecular flexibility index (Phi) is 9.47. The molecule has 1 fully saturated rings. The van der Waals surface area contributed by atoms with Crippen molar-refractivity contribution < 1.29 is 13.9 Å². The van der Waals surface area contributed by atoms with Crippen LogP contribution in [0.1, 0.15) is 34.3 Å². The Morgan fingerprint density at radius 3 is 2.40 bits per heavy atom. The fourth-order valence-corrected chi connectivity index (χ4v) is 5.64. The maximum atomic E-state index is 13.6. The second kappa shape index (κ2) is 13.6. The van der Waals surface area contributed by atoms with Crippen LogP contribution in [0.2, 0.25) is 0 Å². The van der Waals surface area contributed by atoms with E-state index >= 15 is 0 Å². The number of methoxy groups -OCH3 is 1. The van der Waals surface area contributed by atoms with Crippen LogP contribution in [0.5, 0.6) is 5.75 Å². The molecule has 1 N–H and O–H groups in total. The van der Waals surface area contributed by atoms with Gasteiger partial charge in [-0.15, -0.1) is 0 Å². The van der Waals surface area contributed by atoms with Gasteiger partial charge in [-0.1, -0.05) is 54.6 Å². The molecule has 0 atom stereocenters. The standard InChI is InChI=1S/C33H39FN4O2/c1-40-31-14-6-13-29-30(33(39)35-24-27-11-5-12-28(34)23-27)25-38(32(29)31)19-8-18-36-16-7-17-37(22-21-36)20-15-26-9-3-2-4-10-26/h2-6,9-14,23,25H,7-8,15-22,24H2,1H3,(H,35,39). The van der Waals surface area contributed by atoms with E-state index in [0.717, 1.165) is 80.9 Å². The van der Waals surface area contributed by atoms with Crippen molar-refractivity contribution in [2.24, 2.45) is 0 Å². The van der Waals surface area contributed by atoms with E-state index in [0.29, 0.717) is 5.56 Å². The van der Waals surface area contributed by atoms with Gasteiger partial charge in [-0.2, -0.15) is 0 Å². The van der Waals surface area contributed by atoms with Crippen LogP contribution < -0.4 is 10.1 Å². The normalized spacial score (nSPS) is 14.8. The number of fused-ring (bicyclic) bond motifs is 1. The predicted molar refractivity (Wildman–Crippen MR) is 158 cm³/mol. The van der Waals surface area contributed by atoms with Crippen LogP contribution in [0.3, 0.4) is 0 Å². The van der Waals surface area contributed by atoms with Gasteiger partial charge in [-0.05, 0) is 68.2 Å². The van der Waals surface area contributed by atoms with Crippen molar-refractivity contribution in [1.29, 1.82) is 0 Å². The highest BCUT2D eigenvalue weighted by Crippen LogP contribution is 2.30. The van der Waals surface area contributed by atoms with E-state index in [9.17, 15) is 9.18 Å². The summed E-state index contributed by atoms with van der Waals surface area (Å²) in [7, 11) is 1.66. The monoisotopic (exact) mass is 542 g/mol. The highest BCUT2D eigenvalue weighted by atomic mass is 19.1. The molecule has 6 nitrogen and oxygen atoms in total. The highest BCUT2D eigenvalue weighted by molar-refractivity contribution is 6.08. The second-order valence-corrected chi connectivity index (χ2v) is 10.5. The number of para-hydroxylation sites is 1. The van der Waals surface area contributed by atoms with Gasteiger partial charge in [0.2, 0.25) is 0 Å². The lowest BCUT2D eigenvalue weighted by Gasteiger charge is -2.22. The summed E-state index contributed by atoms with van der Waals surface area (Å²) in [4.78, 5) is 18.3. The molecule has 0 aliphatic carbocycles. The van der Waals surface area contributed by atoms with Crippen molar-refractivity contribution in [1.82, 2.24) is 19.7 Å². The Labute approximate surface area is 236 Å². The van der Waals surface area contributed by atoms with Gasteiger partial charge in [0.15, 0.2) is 0 Å². The highest BCUT2D eigenvalue weighted by Gasteiger charge is 2.19. The van der Waals surface area contributed by atoms with Gasteiger partial charge >= 0.3 is 0 Å². The SMILES string of the molecule is COc1cccc2c(C(=O)NCc3cccc(F)c3)cn(CCCN3CCCN(CCc4ccccc4)CC3)c12. The lowest BCUT2D eigenvalue weighted by Crippen LogP contribution is -2.32.